The van der Waals surface area contributed by atoms with E-state index in [0.29, 0.717) is 18.0 Å². The van der Waals surface area contributed by atoms with E-state index in [1.807, 2.05) is 50.2 Å². The Morgan fingerprint density at radius 3 is 2.25 bits per heavy atom. The second-order valence-electron chi connectivity index (χ2n) is 5.99. The van der Waals surface area contributed by atoms with Crippen molar-refractivity contribution in [1.82, 2.24) is 9.62 Å². The number of nitrogens with zero attached hydrogens (tertiary/aromatic N) is 1. The standard InChI is InChI=1S/C18H23ClN2O2S/c1-14(2)21(3)24(22,23)18-9-7-15(8-10-18)12-20-13-16-5-4-6-17(19)11-16/h4-11,14,20H,12-13H2,1-3H3. The first-order valence-corrected chi connectivity index (χ1v) is 9.64. The van der Waals surface area contributed by atoms with E-state index in [-0.39, 0.29) is 6.04 Å². The summed E-state index contributed by atoms with van der Waals surface area (Å²) >= 11 is 5.96. The number of nitrogens with one attached hydrogen (secondary N) is 1. The fourth-order valence-corrected chi connectivity index (χ4v) is 3.80. The topological polar surface area (TPSA) is 49.4 Å². The maximum Gasteiger partial charge on any atom is 0.243 e. The molecule has 0 unspecified atom stereocenters. The van der Waals surface area contributed by atoms with Gasteiger partial charge in [0.15, 0.2) is 0 Å². The zero-order valence-corrected chi connectivity index (χ0v) is 15.7. The first-order valence-electron chi connectivity index (χ1n) is 7.83. The molecular formula is C18H23ClN2O2S. The van der Waals surface area contributed by atoms with Gasteiger partial charge in [-0.1, -0.05) is 35.9 Å². The van der Waals surface area contributed by atoms with Gasteiger partial charge in [-0.05, 0) is 49.2 Å². The number of rotatable bonds is 7. The van der Waals surface area contributed by atoms with Crippen LogP contribution in [0.1, 0.15) is 25.0 Å². The van der Waals surface area contributed by atoms with E-state index in [4.69, 9.17) is 11.6 Å². The van der Waals surface area contributed by atoms with Gasteiger partial charge in [0.1, 0.15) is 0 Å². The minimum absolute atomic E-state index is 0.0750. The Labute approximate surface area is 149 Å². The Bertz CT molecular complexity index is 774. The monoisotopic (exact) mass is 366 g/mol. The number of benzene rings is 2. The van der Waals surface area contributed by atoms with Crippen LogP contribution in [0.3, 0.4) is 0 Å². The van der Waals surface area contributed by atoms with Crippen LogP contribution in [0.2, 0.25) is 5.02 Å². The first-order chi connectivity index (χ1) is 11.3. The van der Waals surface area contributed by atoms with Gasteiger partial charge in [0, 0.05) is 31.2 Å². The van der Waals surface area contributed by atoms with Gasteiger partial charge in [0.25, 0.3) is 0 Å². The quantitative estimate of drug-likeness (QED) is 0.813. The lowest BCUT2D eigenvalue weighted by Gasteiger charge is -2.21. The van der Waals surface area contributed by atoms with Crippen LogP contribution in [0.15, 0.2) is 53.4 Å². The van der Waals surface area contributed by atoms with Crippen LogP contribution >= 0.6 is 11.6 Å². The molecule has 130 valence electrons. The van der Waals surface area contributed by atoms with E-state index in [1.165, 1.54) is 4.31 Å². The Morgan fingerprint density at radius 1 is 1.04 bits per heavy atom. The van der Waals surface area contributed by atoms with Gasteiger partial charge in [-0.2, -0.15) is 4.31 Å². The largest absolute Gasteiger partial charge is 0.309 e. The van der Waals surface area contributed by atoms with Crippen LogP contribution in [0.5, 0.6) is 0 Å². The molecule has 4 nitrogen and oxygen atoms in total. The third kappa shape index (κ3) is 4.80. The lowest BCUT2D eigenvalue weighted by molar-refractivity contribution is 0.410. The molecule has 0 spiro atoms. The molecule has 24 heavy (non-hydrogen) atoms. The molecule has 0 saturated heterocycles. The number of hydrogen-bond acceptors (Lipinski definition) is 3. The summed E-state index contributed by atoms with van der Waals surface area (Å²) in [6, 6.07) is 14.6. The summed E-state index contributed by atoms with van der Waals surface area (Å²) < 4.78 is 26.2. The van der Waals surface area contributed by atoms with Crippen molar-refractivity contribution in [2.75, 3.05) is 7.05 Å². The van der Waals surface area contributed by atoms with Crippen molar-refractivity contribution in [3.05, 3.63) is 64.7 Å². The van der Waals surface area contributed by atoms with E-state index in [2.05, 4.69) is 5.32 Å². The molecule has 0 radical (unpaired) electrons. The smallest absolute Gasteiger partial charge is 0.243 e. The number of hydrogen-bond donors (Lipinski definition) is 1. The van der Waals surface area contributed by atoms with Crippen LogP contribution in [-0.2, 0) is 23.1 Å². The second kappa shape index (κ2) is 8.12. The molecule has 0 aliphatic rings. The zero-order chi connectivity index (χ0) is 17.7. The van der Waals surface area contributed by atoms with Gasteiger partial charge in [-0.25, -0.2) is 8.42 Å². The molecule has 0 saturated carbocycles. The highest BCUT2D eigenvalue weighted by Crippen LogP contribution is 2.17. The Kier molecular flexibility index (Phi) is 6.40. The first kappa shape index (κ1) is 18.9. The van der Waals surface area contributed by atoms with Crippen LogP contribution in [-0.4, -0.2) is 25.8 Å². The van der Waals surface area contributed by atoms with Crippen LogP contribution in [0.25, 0.3) is 0 Å². The Balaban J connectivity index is 1.97. The molecule has 2 aromatic rings. The maximum atomic E-state index is 12.4. The molecule has 0 amide bonds. The summed E-state index contributed by atoms with van der Waals surface area (Å²) in [6.45, 7) is 5.07. The summed E-state index contributed by atoms with van der Waals surface area (Å²) in [5, 5.41) is 4.05. The lowest BCUT2D eigenvalue weighted by Crippen LogP contribution is -2.33. The van der Waals surface area contributed by atoms with Crippen molar-refractivity contribution in [2.24, 2.45) is 0 Å². The molecule has 0 bridgehead atoms. The van der Waals surface area contributed by atoms with Crippen molar-refractivity contribution in [3.63, 3.8) is 0 Å². The fourth-order valence-electron chi connectivity index (χ4n) is 2.22. The summed E-state index contributed by atoms with van der Waals surface area (Å²) in [6.07, 6.45) is 0. The van der Waals surface area contributed by atoms with Crippen LogP contribution in [0.4, 0.5) is 0 Å². The third-order valence-corrected chi connectivity index (χ3v) is 6.16. The molecule has 1 N–H and O–H groups in total. The van der Waals surface area contributed by atoms with Gasteiger partial charge < -0.3 is 5.32 Å². The molecule has 0 heterocycles. The average Bonchev–Trinajstić information content (AvgIpc) is 2.54. The highest BCUT2D eigenvalue weighted by Gasteiger charge is 2.22. The molecular weight excluding hydrogens is 344 g/mol. The van der Waals surface area contributed by atoms with Gasteiger partial charge in [0.05, 0.1) is 4.90 Å². The zero-order valence-electron chi connectivity index (χ0n) is 14.2. The third-order valence-electron chi connectivity index (χ3n) is 3.87. The minimum atomic E-state index is -3.42. The van der Waals surface area contributed by atoms with Crippen molar-refractivity contribution in [1.29, 1.82) is 0 Å². The number of halogens is 1. The molecule has 6 heteroatoms. The van der Waals surface area contributed by atoms with Crippen LogP contribution in [0, 0.1) is 0 Å². The summed E-state index contributed by atoms with van der Waals surface area (Å²) in [5.74, 6) is 0. The minimum Gasteiger partial charge on any atom is -0.309 e. The average molecular weight is 367 g/mol. The molecule has 0 aromatic heterocycles. The highest BCUT2D eigenvalue weighted by atomic mass is 35.5. The Morgan fingerprint density at radius 2 is 1.67 bits per heavy atom. The van der Waals surface area contributed by atoms with E-state index in [0.717, 1.165) is 16.1 Å². The summed E-state index contributed by atoms with van der Waals surface area (Å²) in [4.78, 5) is 0.317. The predicted octanol–water partition coefficient (Wildman–Crippen LogP) is 3.66. The molecule has 2 aromatic carbocycles. The lowest BCUT2D eigenvalue weighted by atomic mass is 10.2. The number of sulfonamides is 1. The molecule has 0 aliphatic heterocycles. The van der Waals surface area contributed by atoms with Crippen molar-refractivity contribution < 1.29 is 8.42 Å². The highest BCUT2D eigenvalue weighted by molar-refractivity contribution is 7.89. The fraction of sp³-hybridized carbons (Fsp3) is 0.333. The SMILES string of the molecule is CC(C)N(C)S(=O)(=O)c1ccc(CNCc2cccc(Cl)c2)cc1. The summed E-state index contributed by atoms with van der Waals surface area (Å²) in [7, 11) is -1.83. The van der Waals surface area contributed by atoms with Crippen LogP contribution < -0.4 is 5.32 Å². The van der Waals surface area contributed by atoms with Gasteiger partial charge in [-0.3, -0.25) is 0 Å². The normalized spacial score (nSPS) is 12.1. The van der Waals surface area contributed by atoms with Crippen molar-refractivity contribution in [2.45, 2.75) is 37.9 Å². The second-order valence-corrected chi connectivity index (χ2v) is 8.43. The molecule has 0 atom stereocenters. The van der Waals surface area contributed by atoms with Gasteiger partial charge in [-0.15, -0.1) is 0 Å². The molecule has 2 rings (SSSR count). The maximum absolute atomic E-state index is 12.4. The Hall–Kier alpha value is -1.40. The van der Waals surface area contributed by atoms with Gasteiger partial charge >= 0.3 is 0 Å². The predicted molar refractivity (Wildman–Crippen MR) is 98.5 cm³/mol. The molecule has 0 aliphatic carbocycles. The van der Waals surface area contributed by atoms with Crippen molar-refractivity contribution >= 4 is 21.6 Å². The van der Waals surface area contributed by atoms with E-state index >= 15 is 0 Å². The summed E-state index contributed by atoms with van der Waals surface area (Å²) in [5.41, 5.74) is 2.14. The molecule has 0 fully saturated rings. The van der Waals surface area contributed by atoms with Gasteiger partial charge in [0.2, 0.25) is 10.0 Å². The van der Waals surface area contributed by atoms with Crippen molar-refractivity contribution in [3.8, 4) is 0 Å². The van der Waals surface area contributed by atoms with E-state index in [1.54, 1.807) is 19.2 Å². The van der Waals surface area contributed by atoms with E-state index < -0.39 is 10.0 Å². The van der Waals surface area contributed by atoms with E-state index in [9.17, 15) is 8.42 Å².